The van der Waals surface area contributed by atoms with Crippen molar-refractivity contribution in [2.24, 2.45) is 16.7 Å². The Kier molecular flexibility index (Phi) is 13.1. The van der Waals surface area contributed by atoms with E-state index in [1.54, 1.807) is 0 Å². The van der Waals surface area contributed by atoms with E-state index < -0.39 is 0 Å². The van der Waals surface area contributed by atoms with Crippen molar-refractivity contribution in [2.45, 2.75) is 61.8 Å². The van der Waals surface area contributed by atoms with Crippen molar-refractivity contribution in [1.29, 1.82) is 0 Å². The maximum Gasteiger partial charge on any atom is 0 e. The van der Waals surface area contributed by atoms with Crippen LogP contribution >= 0.6 is 0 Å². The topological polar surface area (TPSA) is 0 Å². The molecular weight excluding hydrogens is 257 g/mol. The average Bonchev–Trinajstić information content (AvgIpc) is 2.01. The molecule has 0 aromatic heterocycles. The van der Waals surface area contributed by atoms with Crippen molar-refractivity contribution < 1.29 is 32.7 Å². The monoisotopic (exact) mass is 287 g/mol. The summed E-state index contributed by atoms with van der Waals surface area (Å²) in [6, 6.07) is 0. The Morgan fingerprint density at radius 3 is 1.53 bits per heavy atom. The van der Waals surface area contributed by atoms with Gasteiger partial charge in [0.05, 0.1) is 0 Å². The Labute approximate surface area is 124 Å². The van der Waals surface area contributed by atoms with Crippen LogP contribution in [0.1, 0.15) is 61.8 Å². The van der Waals surface area contributed by atoms with Crippen LogP contribution in [0.2, 0.25) is 0 Å². The molecule has 0 bridgehead atoms. The zero-order chi connectivity index (χ0) is 12.0. The molecule has 0 saturated carbocycles. The van der Waals surface area contributed by atoms with Crippen molar-refractivity contribution in [3.8, 4) is 0 Å². The summed E-state index contributed by atoms with van der Waals surface area (Å²) in [5.41, 5.74) is 0.670. The molecule has 1 unspecified atom stereocenters. The van der Waals surface area contributed by atoms with E-state index in [0.717, 1.165) is 6.42 Å². The molecule has 0 amide bonds. The molecule has 1 radical (unpaired) electrons. The molecule has 0 aliphatic heterocycles. The van der Waals surface area contributed by atoms with E-state index in [4.69, 9.17) is 0 Å². The zero-order valence-electron chi connectivity index (χ0n) is 12.1. The minimum Gasteiger partial charge on any atom is -0.342 e. The Hall–Kier alpha value is 1.10. The molecule has 0 rings (SSSR count). The smallest absolute Gasteiger partial charge is 0 e. The Morgan fingerprint density at radius 1 is 1.00 bits per heavy atom. The summed E-state index contributed by atoms with van der Waals surface area (Å²) in [7, 11) is 0. The van der Waals surface area contributed by atoms with Gasteiger partial charge in [-0.3, -0.25) is 0 Å². The van der Waals surface area contributed by atoms with E-state index in [2.05, 4.69) is 54.9 Å². The van der Waals surface area contributed by atoms with Crippen LogP contribution in [0.3, 0.4) is 0 Å². The van der Waals surface area contributed by atoms with E-state index in [-0.39, 0.29) is 32.7 Å². The third-order valence-corrected chi connectivity index (χ3v) is 2.24. The maximum absolute atomic E-state index is 4.18. The van der Waals surface area contributed by atoms with E-state index in [9.17, 15) is 0 Å². The molecule has 1 atom stereocenters. The second-order valence-corrected chi connectivity index (χ2v) is 5.87. The van der Waals surface area contributed by atoms with Gasteiger partial charge < -0.3 is 13.3 Å². The minimum atomic E-state index is 0. The fourth-order valence-corrected chi connectivity index (χ4v) is 0.849. The molecule has 0 fully saturated rings. The molecule has 0 aromatic rings. The van der Waals surface area contributed by atoms with Gasteiger partial charge in [0.25, 0.3) is 0 Å². The van der Waals surface area contributed by atoms with Crippen LogP contribution < -0.4 is 0 Å². The van der Waals surface area contributed by atoms with E-state index in [1.165, 1.54) is 0 Å². The largest absolute Gasteiger partial charge is 0.342 e. The maximum atomic E-state index is 4.18. The molecule has 1 heteroatoms. The molecule has 0 heterocycles. The van der Waals surface area contributed by atoms with Gasteiger partial charge in [0.1, 0.15) is 0 Å². The summed E-state index contributed by atoms with van der Waals surface area (Å²) in [5, 5.41) is 0. The number of rotatable bonds is 2. The van der Waals surface area contributed by atoms with E-state index in [1.807, 2.05) is 13.8 Å². The van der Waals surface area contributed by atoms with Gasteiger partial charge >= 0.3 is 0 Å². The normalized spacial score (nSPS) is 13.4. The summed E-state index contributed by atoms with van der Waals surface area (Å²) >= 11 is 0. The van der Waals surface area contributed by atoms with Gasteiger partial charge in [0.2, 0.25) is 0 Å². The number of hydrogen-bond donors (Lipinski definition) is 0. The van der Waals surface area contributed by atoms with Crippen LogP contribution in [0.25, 0.3) is 0 Å². The van der Waals surface area contributed by atoms with Crippen molar-refractivity contribution in [2.75, 3.05) is 0 Å². The van der Waals surface area contributed by atoms with Gasteiger partial charge in [-0.25, -0.2) is 6.42 Å². The van der Waals surface area contributed by atoms with E-state index >= 15 is 0 Å². The van der Waals surface area contributed by atoms with Crippen LogP contribution in [0.5, 0.6) is 0 Å². The fraction of sp³-hybridized carbons (Fsp3) is 0.857. The summed E-state index contributed by atoms with van der Waals surface area (Å²) in [6.07, 6.45) is 3.49. The summed E-state index contributed by atoms with van der Waals surface area (Å²) < 4.78 is 0. The summed E-state index contributed by atoms with van der Waals surface area (Å²) in [4.78, 5) is 0. The Morgan fingerprint density at radius 2 is 1.33 bits per heavy atom. The predicted octanol–water partition coefficient (Wildman–Crippen LogP) is 5.15. The molecule has 0 aliphatic rings. The standard InChI is InChI=1S/C12H24.C2H6.Y/c1-10(12(5,6)7)8-9-11(2,3)4;1-2;/h9-10H,1,8H2,2-7H3;1-2H3;/q-2;;. The Balaban J connectivity index is -0.000000449. The van der Waals surface area contributed by atoms with Crippen LogP contribution in [0.15, 0.2) is 0 Å². The summed E-state index contributed by atoms with van der Waals surface area (Å²) in [5.74, 6) is 0.525. The predicted molar refractivity (Wildman–Crippen MR) is 68.0 cm³/mol. The molecule has 15 heavy (non-hydrogen) atoms. The first kappa shape index (κ1) is 21.4. The van der Waals surface area contributed by atoms with Crippen LogP contribution in [-0.4, -0.2) is 0 Å². The van der Waals surface area contributed by atoms with Gasteiger partial charge in [-0.1, -0.05) is 60.8 Å². The number of hydrogen-bond acceptors (Lipinski definition) is 0. The van der Waals surface area contributed by atoms with Gasteiger partial charge in [0, 0.05) is 32.7 Å². The third kappa shape index (κ3) is 15.1. The first-order chi connectivity index (χ1) is 6.13. The van der Waals surface area contributed by atoms with Crippen LogP contribution in [-0.2, 0) is 32.7 Å². The van der Waals surface area contributed by atoms with E-state index in [0.29, 0.717) is 16.7 Å². The first-order valence-electron chi connectivity index (χ1n) is 5.80. The minimum absolute atomic E-state index is 0. The first-order valence-corrected chi connectivity index (χ1v) is 5.80. The van der Waals surface area contributed by atoms with Crippen molar-refractivity contribution >= 4 is 0 Å². The third-order valence-electron chi connectivity index (χ3n) is 2.24. The second-order valence-electron chi connectivity index (χ2n) is 5.87. The molecule has 0 N–H and O–H groups in total. The zero-order valence-corrected chi connectivity index (χ0v) is 15.0. The molecule has 0 nitrogen and oxygen atoms in total. The van der Waals surface area contributed by atoms with Crippen molar-refractivity contribution in [3.05, 3.63) is 13.3 Å². The van der Waals surface area contributed by atoms with Crippen molar-refractivity contribution in [3.63, 3.8) is 0 Å². The molecule has 0 saturated heterocycles. The van der Waals surface area contributed by atoms with Gasteiger partial charge in [-0.15, -0.1) is 0 Å². The SMILES string of the molecule is CC.[CH2-]C(C[CH-]C(C)(C)C)C(C)(C)C.[Y]. The van der Waals surface area contributed by atoms with Crippen molar-refractivity contribution in [1.82, 2.24) is 0 Å². The van der Waals surface area contributed by atoms with Crippen LogP contribution in [0, 0.1) is 30.1 Å². The van der Waals surface area contributed by atoms with Gasteiger partial charge in [0.15, 0.2) is 0 Å². The molecule has 0 aliphatic carbocycles. The molecular formula is C14H30Y-2. The molecule has 0 spiro atoms. The second kappa shape index (κ2) is 9.17. The average molecular weight is 287 g/mol. The van der Waals surface area contributed by atoms with Crippen LogP contribution in [0.4, 0.5) is 0 Å². The Bertz CT molecular complexity index is 125. The quantitative estimate of drug-likeness (QED) is 0.616. The van der Waals surface area contributed by atoms with Gasteiger partial charge in [-0.2, -0.15) is 11.3 Å². The summed E-state index contributed by atoms with van der Waals surface area (Å²) in [6.45, 7) is 21.7. The molecule has 0 aromatic carbocycles. The fourth-order valence-electron chi connectivity index (χ4n) is 0.849. The molecule has 91 valence electrons. The van der Waals surface area contributed by atoms with Gasteiger partial charge in [-0.05, 0) is 0 Å².